The monoisotopic (exact) mass is 428 g/mol. The summed E-state index contributed by atoms with van der Waals surface area (Å²) in [5, 5.41) is 9.70. The molecule has 8 heteroatoms. The summed E-state index contributed by atoms with van der Waals surface area (Å²) in [6.07, 6.45) is 1.35. The van der Waals surface area contributed by atoms with Gasteiger partial charge in [-0.25, -0.2) is 9.78 Å². The smallest absolute Gasteiger partial charge is 0.326 e. The number of hydrogen-bond acceptors (Lipinski definition) is 6. The number of aryl methyl sites for hydroxylation is 1. The number of aromatic nitrogens is 1. The molecular formula is C23H28N2O6. The standard InChI is InChI=1S/C23H28N2O6/c1-13-9-7-8-10-18(13)14(2)15(3)25(16(4)23(28)29)22(27)20-21(31-17(5)26)19(30-6)11-12-24-20/h7-12,14-16H,1-6H3,(H,28,29)/t14-,15?,16+/m1/s1. The number of aliphatic carboxylic acids is 1. The van der Waals surface area contributed by atoms with Crippen molar-refractivity contribution in [3.8, 4) is 11.5 Å². The number of carbonyl (C=O) groups is 3. The lowest BCUT2D eigenvalue weighted by Gasteiger charge is -2.36. The van der Waals surface area contributed by atoms with Gasteiger partial charge in [0.25, 0.3) is 5.91 Å². The summed E-state index contributed by atoms with van der Waals surface area (Å²) in [6.45, 7) is 8.33. The maximum Gasteiger partial charge on any atom is 0.326 e. The van der Waals surface area contributed by atoms with Gasteiger partial charge < -0.3 is 19.5 Å². The number of esters is 1. The minimum absolute atomic E-state index is 0.138. The van der Waals surface area contributed by atoms with E-state index in [1.165, 1.54) is 38.1 Å². The molecule has 1 amide bonds. The van der Waals surface area contributed by atoms with Gasteiger partial charge in [-0.3, -0.25) is 9.59 Å². The highest BCUT2D eigenvalue weighted by Gasteiger charge is 2.36. The summed E-state index contributed by atoms with van der Waals surface area (Å²) in [5.74, 6) is -2.64. The number of methoxy groups -OCH3 is 1. The average molecular weight is 428 g/mol. The van der Waals surface area contributed by atoms with E-state index in [0.717, 1.165) is 11.1 Å². The molecule has 1 heterocycles. The van der Waals surface area contributed by atoms with Crippen LogP contribution in [-0.4, -0.2) is 52.0 Å². The number of pyridine rings is 1. The van der Waals surface area contributed by atoms with E-state index in [1.54, 1.807) is 6.92 Å². The molecule has 0 aliphatic rings. The largest absolute Gasteiger partial charge is 0.493 e. The van der Waals surface area contributed by atoms with Crippen molar-refractivity contribution in [1.29, 1.82) is 0 Å². The summed E-state index contributed by atoms with van der Waals surface area (Å²) < 4.78 is 10.4. The third kappa shape index (κ3) is 5.20. The Morgan fingerprint density at radius 3 is 2.29 bits per heavy atom. The maximum atomic E-state index is 13.6. The molecule has 0 spiro atoms. The van der Waals surface area contributed by atoms with Crippen LogP contribution in [-0.2, 0) is 9.59 Å². The van der Waals surface area contributed by atoms with Crippen molar-refractivity contribution < 1.29 is 29.0 Å². The van der Waals surface area contributed by atoms with Crippen molar-refractivity contribution in [3.63, 3.8) is 0 Å². The van der Waals surface area contributed by atoms with E-state index < -0.39 is 29.9 Å². The van der Waals surface area contributed by atoms with Crippen LogP contribution in [0.2, 0.25) is 0 Å². The molecule has 0 aliphatic carbocycles. The van der Waals surface area contributed by atoms with Gasteiger partial charge in [0.2, 0.25) is 5.75 Å². The first kappa shape index (κ1) is 23.9. The lowest BCUT2D eigenvalue weighted by atomic mass is 9.89. The van der Waals surface area contributed by atoms with E-state index in [4.69, 9.17) is 9.47 Å². The number of carbonyl (C=O) groups excluding carboxylic acids is 2. The van der Waals surface area contributed by atoms with Crippen molar-refractivity contribution in [1.82, 2.24) is 9.88 Å². The lowest BCUT2D eigenvalue weighted by molar-refractivity contribution is -0.142. The zero-order chi connectivity index (χ0) is 23.3. The Morgan fingerprint density at radius 1 is 1.10 bits per heavy atom. The molecule has 0 saturated heterocycles. The topological polar surface area (TPSA) is 106 Å². The SMILES string of the molecule is COc1ccnc(C(=O)N(C(C)[C@@H](C)c2ccccc2C)[C@@H](C)C(=O)O)c1OC(C)=O. The minimum Gasteiger partial charge on any atom is -0.493 e. The average Bonchev–Trinajstić information content (AvgIpc) is 2.73. The van der Waals surface area contributed by atoms with Crippen molar-refractivity contribution in [2.75, 3.05) is 7.11 Å². The summed E-state index contributed by atoms with van der Waals surface area (Å²) in [4.78, 5) is 42.4. The fraction of sp³-hybridized carbons (Fsp3) is 0.391. The molecular weight excluding hydrogens is 400 g/mol. The molecule has 0 radical (unpaired) electrons. The zero-order valence-corrected chi connectivity index (χ0v) is 18.6. The summed E-state index contributed by atoms with van der Waals surface area (Å²) in [6, 6.07) is 7.56. The van der Waals surface area contributed by atoms with Crippen LogP contribution < -0.4 is 9.47 Å². The number of amides is 1. The molecule has 3 atom stereocenters. The molecule has 31 heavy (non-hydrogen) atoms. The van der Waals surface area contributed by atoms with E-state index in [-0.39, 0.29) is 23.1 Å². The molecule has 1 aromatic carbocycles. The molecule has 0 bridgehead atoms. The van der Waals surface area contributed by atoms with E-state index in [9.17, 15) is 19.5 Å². The van der Waals surface area contributed by atoms with Gasteiger partial charge >= 0.3 is 11.9 Å². The Kier molecular flexibility index (Phi) is 7.74. The number of rotatable bonds is 8. The normalized spacial score (nSPS) is 13.6. The van der Waals surface area contributed by atoms with E-state index in [1.807, 2.05) is 38.1 Å². The Labute approximate surface area is 181 Å². The third-order valence-electron chi connectivity index (χ3n) is 5.39. The molecule has 2 rings (SSSR count). The minimum atomic E-state index is -1.16. The van der Waals surface area contributed by atoms with Crippen LogP contribution in [0.25, 0.3) is 0 Å². The summed E-state index contributed by atoms with van der Waals surface area (Å²) in [5.41, 5.74) is 1.85. The van der Waals surface area contributed by atoms with Gasteiger partial charge in [-0.1, -0.05) is 31.2 Å². The third-order valence-corrected chi connectivity index (χ3v) is 5.39. The fourth-order valence-electron chi connectivity index (χ4n) is 3.54. The van der Waals surface area contributed by atoms with Crippen LogP contribution in [0.3, 0.4) is 0 Å². The molecule has 2 aromatic rings. The first-order valence-electron chi connectivity index (χ1n) is 9.92. The molecule has 1 unspecified atom stereocenters. The Bertz CT molecular complexity index is 974. The van der Waals surface area contributed by atoms with Crippen molar-refractivity contribution in [2.24, 2.45) is 0 Å². The second kappa shape index (κ2) is 10.1. The Hall–Kier alpha value is -3.42. The van der Waals surface area contributed by atoms with Gasteiger partial charge in [0.15, 0.2) is 11.4 Å². The Morgan fingerprint density at radius 2 is 1.74 bits per heavy atom. The van der Waals surface area contributed by atoms with Crippen LogP contribution in [0.1, 0.15) is 55.2 Å². The summed E-state index contributed by atoms with van der Waals surface area (Å²) in [7, 11) is 1.37. The second-order valence-electron chi connectivity index (χ2n) is 7.40. The Balaban J connectivity index is 2.57. The van der Waals surface area contributed by atoms with Gasteiger partial charge in [0.05, 0.1) is 7.11 Å². The van der Waals surface area contributed by atoms with Crippen LogP contribution in [0.5, 0.6) is 11.5 Å². The van der Waals surface area contributed by atoms with Crippen molar-refractivity contribution >= 4 is 17.8 Å². The van der Waals surface area contributed by atoms with Crippen molar-refractivity contribution in [2.45, 2.75) is 52.6 Å². The number of nitrogens with zero attached hydrogens (tertiary/aromatic N) is 2. The zero-order valence-electron chi connectivity index (χ0n) is 18.6. The highest BCUT2D eigenvalue weighted by atomic mass is 16.6. The molecule has 0 saturated carbocycles. The second-order valence-corrected chi connectivity index (χ2v) is 7.40. The molecule has 0 fully saturated rings. The first-order valence-corrected chi connectivity index (χ1v) is 9.92. The van der Waals surface area contributed by atoms with Gasteiger partial charge in [-0.2, -0.15) is 0 Å². The molecule has 1 aromatic heterocycles. The van der Waals surface area contributed by atoms with Gasteiger partial charge in [-0.15, -0.1) is 0 Å². The van der Waals surface area contributed by atoms with E-state index in [0.29, 0.717) is 0 Å². The predicted molar refractivity (Wildman–Crippen MR) is 114 cm³/mol. The first-order chi connectivity index (χ1) is 14.6. The van der Waals surface area contributed by atoms with Gasteiger partial charge in [-0.05, 0) is 31.9 Å². The van der Waals surface area contributed by atoms with Gasteiger partial charge in [0, 0.05) is 31.1 Å². The van der Waals surface area contributed by atoms with Crippen LogP contribution in [0, 0.1) is 6.92 Å². The number of ether oxygens (including phenoxy) is 2. The van der Waals surface area contributed by atoms with Gasteiger partial charge in [0.1, 0.15) is 6.04 Å². The lowest BCUT2D eigenvalue weighted by Crippen LogP contribution is -2.50. The molecule has 8 nitrogen and oxygen atoms in total. The summed E-state index contributed by atoms with van der Waals surface area (Å²) >= 11 is 0. The number of carboxylic acid groups (broad SMARTS) is 1. The highest BCUT2D eigenvalue weighted by molar-refractivity contribution is 5.98. The number of benzene rings is 1. The molecule has 166 valence electrons. The maximum absolute atomic E-state index is 13.6. The van der Waals surface area contributed by atoms with Crippen LogP contribution in [0.15, 0.2) is 36.5 Å². The van der Waals surface area contributed by atoms with E-state index in [2.05, 4.69) is 4.98 Å². The number of hydrogen-bond donors (Lipinski definition) is 1. The van der Waals surface area contributed by atoms with Crippen LogP contribution >= 0.6 is 0 Å². The molecule has 1 N–H and O–H groups in total. The van der Waals surface area contributed by atoms with Crippen molar-refractivity contribution in [3.05, 3.63) is 53.3 Å². The highest BCUT2D eigenvalue weighted by Crippen LogP contribution is 2.33. The number of carboxylic acids is 1. The van der Waals surface area contributed by atoms with Crippen LogP contribution in [0.4, 0.5) is 0 Å². The quantitative estimate of drug-likeness (QED) is 0.642. The van der Waals surface area contributed by atoms with E-state index >= 15 is 0 Å². The predicted octanol–water partition coefficient (Wildman–Crippen LogP) is 3.43. The fourth-order valence-corrected chi connectivity index (χ4v) is 3.54. The molecule has 0 aliphatic heterocycles.